The summed E-state index contributed by atoms with van der Waals surface area (Å²) in [5.74, 6) is -1.62. The molecule has 1 fully saturated rings. The van der Waals surface area contributed by atoms with Crippen LogP contribution in [0.1, 0.15) is 37.8 Å². The van der Waals surface area contributed by atoms with Gasteiger partial charge in [-0.2, -0.15) is 0 Å². The van der Waals surface area contributed by atoms with E-state index in [-0.39, 0.29) is 17.9 Å². The Morgan fingerprint density at radius 3 is 2.24 bits per heavy atom. The number of rotatable bonds is 4. The predicted octanol–water partition coefficient (Wildman–Crippen LogP) is 4.18. The Hall–Kier alpha value is -2.76. The first-order valence-corrected chi connectivity index (χ1v) is 8.13. The van der Waals surface area contributed by atoms with Crippen molar-refractivity contribution < 1.29 is 18.4 Å². The van der Waals surface area contributed by atoms with E-state index in [9.17, 15) is 18.4 Å². The van der Waals surface area contributed by atoms with Crippen molar-refractivity contribution >= 4 is 23.2 Å². The molecule has 2 aromatic rings. The number of hydrogen-bond acceptors (Lipinski definition) is 3. The monoisotopic (exact) mass is 344 g/mol. The Balaban J connectivity index is 1.74. The fourth-order valence-electron chi connectivity index (χ4n) is 2.93. The Morgan fingerprint density at radius 1 is 1.00 bits per heavy atom. The molecule has 0 saturated carbocycles. The van der Waals surface area contributed by atoms with E-state index >= 15 is 0 Å². The number of anilines is 2. The van der Waals surface area contributed by atoms with Gasteiger partial charge in [0.05, 0.1) is 11.7 Å². The number of benzene rings is 2. The second kappa shape index (κ2) is 7.01. The summed E-state index contributed by atoms with van der Waals surface area (Å²) in [6.07, 6.45) is 1.33. The van der Waals surface area contributed by atoms with Gasteiger partial charge in [0.1, 0.15) is 11.6 Å². The molecule has 2 aromatic carbocycles. The summed E-state index contributed by atoms with van der Waals surface area (Å²) in [4.78, 5) is 25.1. The van der Waals surface area contributed by atoms with Gasteiger partial charge < -0.3 is 5.32 Å². The smallest absolute Gasteiger partial charge is 0.233 e. The third-order valence-corrected chi connectivity index (χ3v) is 4.22. The summed E-state index contributed by atoms with van der Waals surface area (Å²) in [6, 6.07) is 9.91. The molecule has 0 aliphatic carbocycles. The summed E-state index contributed by atoms with van der Waals surface area (Å²) in [6.45, 7) is 1.77. The van der Waals surface area contributed by atoms with Crippen molar-refractivity contribution in [3.8, 4) is 0 Å². The first-order valence-electron chi connectivity index (χ1n) is 8.13. The average Bonchev–Trinajstić information content (AvgIpc) is 2.56. The molecule has 0 spiro atoms. The maximum Gasteiger partial charge on any atom is 0.233 e. The van der Waals surface area contributed by atoms with Crippen molar-refractivity contribution in [3.05, 3.63) is 59.7 Å². The lowest BCUT2D eigenvalue weighted by atomic mass is 10.1. The molecular formula is C19H18F2N2O2. The van der Waals surface area contributed by atoms with Crippen molar-refractivity contribution in [2.45, 2.75) is 32.2 Å². The van der Waals surface area contributed by atoms with Gasteiger partial charge in [-0.05, 0) is 43.7 Å². The van der Waals surface area contributed by atoms with Crippen LogP contribution in [0.4, 0.5) is 20.2 Å². The molecule has 1 aliphatic rings. The van der Waals surface area contributed by atoms with Gasteiger partial charge in [0.25, 0.3) is 0 Å². The molecule has 130 valence electrons. The van der Waals surface area contributed by atoms with Crippen molar-refractivity contribution in [2.24, 2.45) is 0 Å². The fraction of sp³-hybridized carbons (Fsp3) is 0.263. The molecule has 2 amide bonds. The number of carbonyl (C=O) groups excluding carboxylic acids is 2. The molecule has 0 radical (unpaired) electrons. The topological polar surface area (TPSA) is 49.4 Å². The minimum Gasteiger partial charge on any atom is -0.378 e. The van der Waals surface area contributed by atoms with Gasteiger partial charge in [-0.15, -0.1) is 0 Å². The zero-order chi connectivity index (χ0) is 18.0. The molecule has 25 heavy (non-hydrogen) atoms. The van der Waals surface area contributed by atoms with Crippen LogP contribution in [0.3, 0.4) is 0 Å². The first kappa shape index (κ1) is 17.1. The molecule has 6 heteroatoms. The molecule has 1 saturated heterocycles. The molecule has 1 N–H and O–H groups in total. The van der Waals surface area contributed by atoms with Crippen LogP contribution in [0.15, 0.2) is 42.5 Å². The summed E-state index contributed by atoms with van der Waals surface area (Å²) < 4.78 is 26.8. The highest BCUT2D eigenvalue weighted by Crippen LogP contribution is 2.26. The number of carbonyl (C=O) groups is 2. The van der Waals surface area contributed by atoms with Crippen LogP contribution in [0.25, 0.3) is 0 Å². The largest absolute Gasteiger partial charge is 0.378 e. The van der Waals surface area contributed by atoms with Crippen molar-refractivity contribution in [2.75, 3.05) is 10.2 Å². The third kappa shape index (κ3) is 3.68. The van der Waals surface area contributed by atoms with E-state index in [0.29, 0.717) is 36.2 Å². The number of imide groups is 1. The van der Waals surface area contributed by atoms with Crippen LogP contribution in [-0.4, -0.2) is 11.8 Å². The van der Waals surface area contributed by atoms with Gasteiger partial charge in [-0.1, -0.05) is 6.07 Å². The minimum absolute atomic E-state index is 0.196. The van der Waals surface area contributed by atoms with Gasteiger partial charge in [0.15, 0.2) is 0 Å². The molecular weight excluding hydrogens is 326 g/mol. The molecule has 0 aromatic heterocycles. The Bertz CT molecular complexity index is 790. The summed E-state index contributed by atoms with van der Waals surface area (Å²) >= 11 is 0. The molecule has 1 aliphatic heterocycles. The minimum atomic E-state index is -0.617. The van der Waals surface area contributed by atoms with Crippen LogP contribution in [0.2, 0.25) is 0 Å². The van der Waals surface area contributed by atoms with Gasteiger partial charge in [0.2, 0.25) is 11.8 Å². The van der Waals surface area contributed by atoms with Gasteiger partial charge in [-0.3, -0.25) is 14.5 Å². The molecule has 1 atom stereocenters. The van der Waals surface area contributed by atoms with E-state index in [1.165, 1.54) is 17.0 Å². The summed E-state index contributed by atoms with van der Waals surface area (Å²) in [5.41, 5.74) is 1.59. The highest BCUT2D eigenvalue weighted by atomic mass is 19.1. The highest BCUT2D eigenvalue weighted by molar-refractivity contribution is 6.16. The molecule has 3 rings (SSSR count). The molecule has 1 heterocycles. The number of nitrogens with one attached hydrogen (secondary N) is 1. The van der Waals surface area contributed by atoms with Gasteiger partial charge in [-0.25, -0.2) is 8.78 Å². The van der Waals surface area contributed by atoms with Gasteiger partial charge >= 0.3 is 0 Å². The van der Waals surface area contributed by atoms with Crippen LogP contribution < -0.4 is 10.2 Å². The van der Waals surface area contributed by atoms with Crippen molar-refractivity contribution in [1.82, 2.24) is 0 Å². The van der Waals surface area contributed by atoms with Gasteiger partial charge in [0, 0.05) is 30.2 Å². The second-order valence-corrected chi connectivity index (χ2v) is 6.06. The maximum atomic E-state index is 13.8. The Morgan fingerprint density at radius 2 is 1.64 bits per heavy atom. The third-order valence-electron chi connectivity index (χ3n) is 4.22. The van der Waals surface area contributed by atoms with E-state index in [2.05, 4.69) is 5.32 Å². The quantitative estimate of drug-likeness (QED) is 0.847. The van der Waals surface area contributed by atoms with E-state index < -0.39 is 11.6 Å². The number of nitrogens with zero attached hydrogens (tertiary/aromatic N) is 1. The number of amides is 2. The molecule has 0 bridgehead atoms. The van der Waals surface area contributed by atoms with E-state index in [4.69, 9.17) is 0 Å². The zero-order valence-electron chi connectivity index (χ0n) is 13.8. The van der Waals surface area contributed by atoms with Crippen molar-refractivity contribution in [1.29, 1.82) is 0 Å². The van der Waals surface area contributed by atoms with E-state index in [0.717, 1.165) is 6.07 Å². The highest BCUT2D eigenvalue weighted by Gasteiger charge is 2.27. The summed E-state index contributed by atoms with van der Waals surface area (Å²) in [7, 11) is 0. The normalized spacial score (nSPS) is 16.0. The zero-order valence-corrected chi connectivity index (χ0v) is 13.8. The van der Waals surface area contributed by atoms with Crippen molar-refractivity contribution in [3.63, 3.8) is 0 Å². The lowest BCUT2D eigenvalue weighted by Gasteiger charge is -2.25. The van der Waals surface area contributed by atoms with Crippen LogP contribution in [0, 0.1) is 11.6 Å². The average molecular weight is 344 g/mol. The standard InChI is InChI=1S/C19H18F2N2O2/c1-12(16-10-5-13(20)11-17(16)21)22-14-6-8-15(9-7-14)23-18(24)3-2-4-19(23)25/h5-12,22H,2-4H2,1H3. The van der Waals surface area contributed by atoms with E-state index in [1.54, 1.807) is 31.2 Å². The van der Waals surface area contributed by atoms with E-state index in [1.807, 2.05) is 0 Å². The number of halogens is 2. The lowest BCUT2D eigenvalue weighted by Crippen LogP contribution is -2.40. The Kier molecular flexibility index (Phi) is 4.79. The van der Waals surface area contributed by atoms with Crippen LogP contribution >= 0.6 is 0 Å². The second-order valence-electron chi connectivity index (χ2n) is 6.06. The fourth-order valence-corrected chi connectivity index (χ4v) is 2.93. The maximum absolute atomic E-state index is 13.8. The number of hydrogen-bond donors (Lipinski definition) is 1. The first-order chi connectivity index (χ1) is 12.0. The molecule has 4 nitrogen and oxygen atoms in total. The predicted molar refractivity (Wildman–Crippen MR) is 91.2 cm³/mol. The number of piperidine rings is 1. The Labute approximate surface area is 144 Å². The molecule has 1 unspecified atom stereocenters. The van der Waals surface area contributed by atoms with Crippen LogP contribution in [0.5, 0.6) is 0 Å². The summed E-state index contributed by atoms with van der Waals surface area (Å²) in [5, 5.41) is 3.12. The SMILES string of the molecule is CC(Nc1ccc(N2C(=O)CCCC2=O)cc1)c1ccc(F)cc1F. The lowest BCUT2D eigenvalue weighted by molar-refractivity contribution is -0.129. The van der Waals surface area contributed by atoms with Crippen LogP contribution in [-0.2, 0) is 9.59 Å².